The number of rotatable bonds is 5. The fraction of sp³-hybridized carbons (Fsp3) is 0.385. The summed E-state index contributed by atoms with van der Waals surface area (Å²) in [5, 5.41) is 0. The first-order chi connectivity index (χ1) is 7.95. The van der Waals surface area contributed by atoms with Gasteiger partial charge in [0, 0.05) is 17.7 Å². The van der Waals surface area contributed by atoms with Gasteiger partial charge < -0.3 is 0 Å². The summed E-state index contributed by atoms with van der Waals surface area (Å²) >= 11 is 0. The van der Waals surface area contributed by atoms with E-state index in [1.165, 1.54) is 6.07 Å². The third-order valence-electron chi connectivity index (χ3n) is 2.71. The zero-order chi connectivity index (χ0) is 13.0. The number of hydrogen-bond donors (Lipinski definition) is 2. The Kier molecular flexibility index (Phi) is 4.78. The van der Waals surface area contributed by atoms with Crippen molar-refractivity contribution < 1.29 is 8.78 Å². The monoisotopic (exact) mass is 240 g/mol. The van der Waals surface area contributed by atoms with E-state index in [1.54, 1.807) is 6.92 Å². The van der Waals surface area contributed by atoms with Crippen LogP contribution in [0.4, 0.5) is 8.78 Å². The second kappa shape index (κ2) is 5.89. The summed E-state index contributed by atoms with van der Waals surface area (Å²) in [6.45, 7) is 7.29. The Morgan fingerprint density at radius 2 is 2.06 bits per heavy atom. The van der Waals surface area contributed by atoms with Crippen LogP contribution in [0.25, 0.3) is 0 Å². The molecule has 0 amide bonds. The van der Waals surface area contributed by atoms with Gasteiger partial charge in [0.05, 0.1) is 0 Å². The normalized spacial score (nSPS) is 12.5. The Hall–Kier alpha value is -1.26. The molecule has 0 saturated carbocycles. The highest BCUT2D eigenvalue weighted by Crippen LogP contribution is 2.24. The van der Waals surface area contributed by atoms with E-state index < -0.39 is 11.6 Å². The van der Waals surface area contributed by atoms with Crippen LogP contribution >= 0.6 is 0 Å². The Morgan fingerprint density at radius 1 is 1.41 bits per heavy atom. The van der Waals surface area contributed by atoms with Crippen molar-refractivity contribution in [2.45, 2.75) is 32.7 Å². The predicted octanol–water partition coefficient (Wildman–Crippen LogP) is 3.13. The van der Waals surface area contributed by atoms with E-state index in [0.29, 0.717) is 17.5 Å². The van der Waals surface area contributed by atoms with Crippen molar-refractivity contribution in [1.82, 2.24) is 5.43 Å². The number of aryl methyl sites for hydroxylation is 1. The summed E-state index contributed by atoms with van der Waals surface area (Å²) in [4.78, 5) is 0. The van der Waals surface area contributed by atoms with Crippen molar-refractivity contribution in [3.63, 3.8) is 0 Å². The number of halogens is 2. The minimum absolute atomic E-state index is 0.328. The first-order valence-corrected chi connectivity index (χ1v) is 5.51. The molecule has 0 heterocycles. The zero-order valence-electron chi connectivity index (χ0n) is 10.2. The summed E-state index contributed by atoms with van der Waals surface area (Å²) < 4.78 is 26.8. The van der Waals surface area contributed by atoms with Crippen molar-refractivity contribution in [3.8, 4) is 0 Å². The number of hydrogen-bond acceptors (Lipinski definition) is 2. The molecule has 94 valence electrons. The van der Waals surface area contributed by atoms with Gasteiger partial charge in [-0.1, -0.05) is 5.57 Å². The van der Waals surface area contributed by atoms with Crippen LogP contribution < -0.4 is 11.3 Å². The van der Waals surface area contributed by atoms with Crippen molar-refractivity contribution in [1.29, 1.82) is 0 Å². The van der Waals surface area contributed by atoms with Gasteiger partial charge in [0.15, 0.2) is 0 Å². The molecule has 4 heteroatoms. The van der Waals surface area contributed by atoms with Crippen LogP contribution in [0.3, 0.4) is 0 Å². The van der Waals surface area contributed by atoms with E-state index in [9.17, 15) is 8.78 Å². The molecule has 1 aromatic carbocycles. The molecule has 1 aromatic rings. The van der Waals surface area contributed by atoms with E-state index in [0.717, 1.165) is 18.1 Å². The van der Waals surface area contributed by atoms with E-state index >= 15 is 0 Å². The molecule has 0 fully saturated rings. The molecule has 0 aliphatic rings. The van der Waals surface area contributed by atoms with Gasteiger partial charge in [-0.05, 0) is 38.3 Å². The Labute approximate surface area is 100 Å². The van der Waals surface area contributed by atoms with Gasteiger partial charge in [-0.2, -0.15) is 0 Å². The van der Waals surface area contributed by atoms with Crippen LogP contribution in [0.1, 0.15) is 36.9 Å². The van der Waals surface area contributed by atoms with Gasteiger partial charge in [-0.15, -0.1) is 6.58 Å². The lowest BCUT2D eigenvalue weighted by Crippen LogP contribution is -2.29. The number of nitrogens with one attached hydrogen (secondary N) is 1. The lowest BCUT2D eigenvalue weighted by molar-refractivity contribution is 0.478. The third kappa shape index (κ3) is 3.61. The van der Waals surface area contributed by atoms with Crippen LogP contribution in [0, 0.1) is 18.6 Å². The van der Waals surface area contributed by atoms with Crippen LogP contribution in [0.5, 0.6) is 0 Å². The highest BCUT2D eigenvalue weighted by atomic mass is 19.1. The predicted molar refractivity (Wildman–Crippen MR) is 65.2 cm³/mol. The zero-order valence-corrected chi connectivity index (χ0v) is 10.2. The molecule has 0 aliphatic heterocycles. The second-order valence-corrected chi connectivity index (χ2v) is 4.34. The summed E-state index contributed by atoms with van der Waals surface area (Å²) in [5.41, 5.74) is 4.37. The maximum Gasteiger partial charge on any atom is 0.130 e. The highest BCUT2D eigenvalue weighted by molar-refractivity contribution is 5.28. The molecular formula is C13H18F2N2. The largest absolute Gasteiger partial charge is 0.271 e. The SMILES string of the molecule is C=C(C)CCC(NN)c1cc(C)c(F)cc1F. The topological polar surface area (TPSA) is 38.0 Å². The molecule has 17 heavy (non-hydrogen) atoms. The van der Waals surface area contributed by atoms with Gasteiger partial charge in [-0.25, -0.2) is 8.78 Å². The number of allylic oxidation sites excluding steroid dienone is 1. The average Bonchev–Trinajstić information content (AvgIpc) is 2.25. The van der Waals surface area contributed by atoms with Crippen LogP contribution in [0.2, 0.25) is 0 Å². The summed E-state index contributed by atoms with van der Waals surface area (Å²) in [6, 6.07) is 2.06. The maximum absolute atomic E-state index is 13.6. The summed E-state index contributed by atoms with van der Waals surface area (Å²) in [7, 11) is 0. The van der Waals surface area contributed by atoms with Gasteiger partial charge in [0.25, 0.3) is 0 Å². The standard InChI is InChI=1S/C13H18F2N2/c1-8(2)4-5-13(17-16)10-6-9(3)11(14)7-12(10)15/h6-7,13,17H,1,4-5,16H2,2-3H3. The van der Waals surface area contributed by atoms with Crippen molar-refractivity contribution in [3.05, 3.63) is 47.0 Å². The minimum Gasteiger partial charge on any atom is -0.271 e. The van der Waals surface area contributed by atoms with Gasteiger partial charge in [0.1, 0.15) is 11.6 Å². The molecule has 3 N–H and O–H groups in total. The Bertz CT molecular complexity index is 416. The fourth-order valence-corrected chi connectivity index (χ4v) is 1.67. The smallest absolute Gasteiger partial charge is 0.130 e. The number of hydrazine groups is 1. The van der Waals surface area contributed by atoms with Crippen molar-refractivity contribution in [2.75, 3.05) is 0 Å². The second-order valence-electron chi connectivity index (χ2n) is 4.34. The molecule has 0 radical (unpaired) electrons. The first-order valence-electron chi connectivity index (χ1n) is 5.51. The molecule has 0 spiro atoms. The lowest BCUT2D eigenvalue weighted by atomic mass is 9.98. The summed E-state index contributed by atoms with van der Waals surface area (Å²) in [6.07, 6.45) is 1.37. The van der Waals surface area contributed by atoms with E-state index in [-0.39, 0.29) is 6.04 Å². The maximum atomic E-state index is 13.6. The lowest BCUT2D eigenvalue weighted by Gasteiger charge is -2.18. The van der Waals surface area contributed by atoms with E-state index in [4.69, 9.17) is 5.84 Å². The molecule has 0 aromatic heterocycles. The quantitative estimate of drug-likeness (QED) is 0.471. The molecule has 1 unspecified atom stereocenters. The molecule has 1 atom stereocenters. The molecule has 1 rings (SSSR count). The first kappa shape index (κ1) is 13.8. The molecular weight excluding hydrogens is 222 g/mol. The fourth-order valence-electron chi connectivity index (χ4n) is 1.67. The Balaban J connectivity index is 2.95. The Morgan fingerprint density at radius 3 is 2.59 bits per heavy atom. The molecule has 0 bridgehead atoms. The molecule has 0 aliphatic carbocycles. The van der Waals surface area contributed by atoms with Gasteiger partial charge in [-0.3, -0.25) is 11.3 Å². The van der Waals surface area contributed by atoms with Crippen LogP contribution in [-0.4, -0.2) is 0 Å². The van der Waals surface area contributed by atoms with Crippen molar-refractivity contribution >= 4 is 0 Å². The highest BCUT2D eigenvalue weighted by Gasteiger charge is 2.16. The molecule has 0 saturated heterocycles. The minimum atomic E-state index is -0.572. The third-order valence-corrected chi connectivity index (χ3v) is 2.71. The van der Waals surface area contributed by atoms with E-state index in [2.05, 4.69) is 12.0 Å². The van der Waals surface area contributed by atoms with Crippen LogP contribution in [0.15, 0.2) is 24.3 Å². The van der Waals surface area contributed by atoms with E-state index in [1.807, 2.05) is 6.92 Å². The van der Waals surface area contributed by atoms with Gasteiger partial charge >= 0.3 is 0 Å². The summed E-state index contributed by atoms with van der Waals surface area (Å²) in [5.74, 6) is 4.30. The van der Waals surface area contributed by atoms with Crippen LogP contribution in [-0.2, 0) is 0 Å². The van der Waals surface area contributed by atoms with Gasteiger partial charge in [0.2, 0.25) is 0 Å². The van der Waals surface area contributed by atoms with Crippen molar-refractivity contribution in [2.24, 2.45) is 5.84 Å². The average molecular weight is 240 g/mol. The number of benzene rings is 1. The number of nitrogens with two attached hydrogens (primary N) is 1. The molecule has 2 nitrogen and oxygen atoms in total.